The lowest BCUT2D eigenvalue weighted by Gasteiger charge is -2.16. The van der Waals surface area contributed by atoms with Crippen LogP contribution in [0.4, 0.5) is 0 Å². The topological polar surface area (TPSA) is 77.1 Å². The van der Waals surface area contributed by atoms with E-state index in [1.54, 1.807) is 29.2 Å². The van der Waals surface area contributed by atoms with Crippen LogP contribution in [0.5, 0.6) is 0 Å². The number of carbonyl (C=O) groups is 1. The summed E-state index contributed by atoms with van der Waals surface area (Å²) in [6, 6.07) is 9.50. The maximum absolute atomic E-state index is 12.3. The van der Waals surface area contributed by atoms with Gasteiger partial charge in [0.25, 0.3) is 0 Å². The third kappa shape index (κ3) is 3.45. The van der Waals surface area contributed by atoms with Crippen LogP contribution in [0.3, 0.4) is 0 Å². The Hall–Kier alpha value is -2.96. The Bertz CT molecular complexity index is 777. The minimum absolute atomic E-state index is 0.0533. The van der Waals surface area contributed by atoms with Crippen LogP contribution in [0.1, 0.15) is 17.0 Å². The Kier molecular flexibility index (Phi) is 4.18. The largest absolute Gasteiger partial charge is 0.472 e. The van der Waals surface area contributed by atoms with Gasteiger partial charge in [0.1, 0.15) is 0 Å². The molecule has 0 saturated carbocycles. The van der Waals surface area contributed by atoms with Crippen LogP contribution >= 0.6 is 0 Å². The van der Waals surface area contributed by atoms with Gasteiger partial charge in [0.2, 0.25) is 5.91 Å². The third-order valence-corrected chi connectivity index (χ3v) is 3.59. The number of benzene rings is 1. The molecular weight excluding hydrogens is 294 g/mol. The number of likely N-dealkylation sites (N-methyl/N-ethyl adjacent to an activating group) is 1. The molecule has 0 radical (unpaired) electrons. The molecule has 1 aromatic carbocycles. The second kappa shape index (κ2) is 6.43. The Balaban J connectivity index is 1.64. The highest BCUT2D eigenvalue weighted by molar-refractivity contribution is 5.78. The molecule has 3 rings (SSSR count). The van der Waals surface area contributed by atoms with Crippen LogP contribution in [0, 0.1) is 6.92 Å². The van der Waals surface area contributed by atoms with E-state index in [0.29, 0.717) is 18.8 Å². The number of aromatic nitrogens is 4. The SMILES string of the molecule is Cc1nnnn1-c1ccc(CC(=O)N(C)Cc2ccoc2)cc1. The zero-order chi connectivity index (χ0) is 16.2. The molecule has 0 unspecified atom stereocenters. The normalized spacial score (nSPS) is 10.7. The highest BCUT2D eigenvalue weighted by atomic mass is 16.3. The molecule has 0 aliphatic heterocycles. The standard InChI is InChI=1S/C16H17N5O2/c1-12-17-18-19-21(12)15-5-3-13(4-6-15)9-16(22)20(2)10-14-7-8-23-11-14/h3-8,11H,9-10H2,1-2H3. The molecule has 2 heterocycles. The highest BCUT2D eigenvalue weighted by Gasteiger charge is 2.11. The number of aryl methyl sites for hydroxylation is 1. The van der Waals surface area contributed by atoms with E-state index < -0.39 is 0 Å². The first-order valence-electron chi connectivity index (χ1n) is 7.23. The molecule has 7 nitrogen and oxygen atoms in total. The summed E-state index contributed by atoms with van der Waals surface area (Å²) in [7, 11) is 1.79. The quantitative estimate of drug-likeness (QED) is 0.717. The van der Waals surface area contributed by atoms with Crippen molar-refractivity contribution in [2.24, 2.45) is 0 Å². The van der Waals surface area contributed by atoms with Gasteiger partial charge in [-0.05, 0) is 41.1 Å². The van der Waals surface area contributed by atoms with E-state index in [0.717, 1.165) is 16.8 Å². The summed E-state index contributed by atoms with van der Waals surface area (Å²) in [5.41, 5.74) is 2.80. The molecule has 0 saturated heterocycles. The lowest BCUT2D eigenvalue weighted by Crippen LogP contribution is -2.27. The fourth-order valence-electron chi connectivity index (χ4n) is 2.28. The molecule has 2 aromatic heterocycles. The molecule has 0 aliphatic rings. The monoisotopic (exact) mass is 311 g/mol. The van der Waals surface area contributed by atoms with Crippen molar-refractivity contribution in [1.29, 1.82) is 0 Å². The number of rotatable bonds is 5. The van der Waals surface area contributed by atoms with E-state index in [1.165, 1.54) is 0 Å². The number of amides is 1. The fraction of sp³-hybridized carbons (Fsp3) is 0.250. The number of nitrogens with zero attached hydrogens (tertiary/aromatic N) is 5. The number of furan rings is 1. The van der Waals surface area contributed by atoms with Gasteiger partial charge in [-0.1, -0.05) is 12.1 Å². The summed E-state index contributed by atoms with van der Waals surface area (Å²) in [4.78, 5) is 13.9. The van der Waals surface area contributed by atoms with Crippen LogP contribution in [0.2, 0.25) is 0 Å². The van der Waals surface area contributed by atoms with E-state index in [-0.39, 0.29) is 5.91 Å². The van der Waals surface area contributed by atoms with Gasteiger partial charge in [-0.2, -0.15) is 4.68 Å². The summed E-state index contributed by atoms with van der Waals surface area (Å²) in [6.45, 7) is 2.37. The van der Waals surface area contributed by atoms with E-state index in [2.05, 4.69) is 15.5 Å². The maximum atomic E-state index is 12.3. The first-order valence-corrected chi connectivity index (χ1v) is 7.23. The second-order valence-corrected chi connectivity index (χ2v) is 5.36. The first-order chi connectivity index (χ1) is 11.1. The summed E-state index contributed by atoms with van der Waals surface area (Å²) in [6.07, 6.45) is 3.60. The second-order valence-electron chi connectivity index (χ2n) is 5.36. The minimum Gasteiger partial charge on any atom is -0.472 e. The van der Waals surface area contributed by atoms with E-state index in [4.69, 9.17) is 4.42 Å². The van der Waals surface area contributed by atoms with Gasteiger partial charge in [-0.3, -0.25) is 4.79 Å². The average Bonchev–Trinajstić information content (AvgIpc) is 3.19. The fourth-order valence-corrected chi connectivity index (χ4v) is 2.28. The van der Waals surface area contributed by atoms with Crippen molar-refractivity contribution in [3.8, 4) is 5.69 Å². The molecule has 118 valence electrons. The van der Waals surface area contributed by atoms with Gasteiger partial charge in [0.15, 0.2) is 5.82 Å². The van der Waals surface area contributed by atoms with Gasteiger partial charge < -0.3 is 9.32 Å². The minimum atomic E-state index is 0.0533. The molecule has 1 amide bonds. The van der Waals surface area contributed by atoms with Gasteiger partial charge in [0, 0.05) is 19.2 Å². The summed E-state index contributed by atoms with van der Waals surface area (Å²) >= 11 is 0. The molecule has 0 aliphatic carbocycles. The number of hydrogen-bond acceptors (Lipinski definition) is 5. The summed E-state index contributed by atoms with van der Waals surface area (Å²) < 4.78 is 6.66. The van der Waals surface area contributed by atoms with Gasteiger partial charge in [0.05, 0.1) is 24.6 Å². The molecule has 0 atom stereocenters. The Labute approximate surface area is 133 Å². The zero-order valence-corrected chi connectivity index (χ0v) is 13.0. The van der Waals surface area contributed by atoms with Crippen LogP contribution in [-0.4, -0.2) is 38.1 Å². The molecule has 0 spiro atoms. The van der Waals surface area contributed by atoms with Crippen LogP contribution < -0.4 is 0 Å². The van der Waals surface area contributed by atoms with Crippen molar-refractivity contribution in [3.63, 3.8) is 0 Å². The predicted octanol–water partition coefficient (Wildman–Crippen LogP) is 1.76. The van der Waals surface area contributed by atoms with Crippen LogP contribution in [0.15, 0.2) is 47.3 Å². The van der Waals surface area contributed by atoms with E-state index >= 15 is 0 Å². The molecular formula is C16H17N5O2. The van der Waals surface area contributed by atoms with Crippen molar-refractivity contribution in [2.75, 3.05) is 7.05 Å². The lowest BCUT2D eigenvalue weighted by molar-refractivity contribution is -0.129. The summed E-state index contributed by atoms with van der Waals surface area (Å²) in [5, 5.41) is 11.4. The van der Waals surface area contributed by atoms with E-state index in [1.807, 2.05) is 37.3 Å². The molecule has 0 fully saturated rings. The Morgan fingerprint density at radius 1 is 1.22 bits per heavy atom. The summed E-state index contributed by atoms with van der Waals surface area (Å²) in [5.74, 6) is 0.770. The number of hydrogen-bond donors (Lipinski definition) is 0. The molecule has 7 heteroatoms. The molecule has 0 N–H and O–H groups in total. The van der Waals surface area contributed by atoms with E-state index in [9.17, 15) is 4.79 Å². The molecule has 23 heavy (non-hydrogen) atoms. The van der Waals surface area contributed by atoms with Crippen molar-refractivity contribution >= 4 is 5.91 Å². The first kappa shape index (κ1) is 15.0. The zero-order valence-electron chi connectivity index (χ0n) is 13.0. The molecule has 3 aromatic rings. The van der Waals surface area contributed by atoms with Crippen LogP contribution in [-0.2, 0) is 17.8 Å². The average molecular weight is 311 g/mol. The van der Waals surface area contributed by atoms with Crippen molar-refractivity contribution in [1.82, 2.24) is 25.1 Å². The van der Waals surface area contributed by atoms with Crippen molar-refractivity contribution in [2.45, 2.75) is 19.9 Å². The van der Waals surface area contributed by atoms with Crippen molar-refractivity contribution in [3.05, 3.63) is 59.8 Å². The van der Waals surface area contributed by atoms with Gasteiger partial charge in [-0.15, -0.1) is 5.10 Å². The highest BCUT2D eigenvalue weighted by Crippen LogP contribution is 2.12. The number of carbonyl (C=O) groups excluding carboxylic acids is 1. The van der Waals surface area contributed by atoms with Crippen molar-refractivity contribution < 1.29 is 9.21 Å². The smallest absolute Gasteiger partial charge is 0.227 e. The van der Waals surface area contributed by atoms with Crippen LogP contribution in [0.25, 0.3) is 5.69 Å². The Morgan fingerprint density at radius 3 is 2.61 bits per heavy atom. The lowest BCUT2D eigenvalue weighted by atomic mass is 10.1. The third-order valence-electron chi connectivity index (χ3n) is 3.59. The predicted molar refractivity (Wildman–Crippen MR) is 82.8 cm³/mol. The number of tetrazole rings is 1. The Morgan fingerprint density at radius 2 is 2.00 bits per heavy atom. The maximum Gasteiger partial charge on any atom is 0.227 e. The van der Waals surface area contributed by atoms with Gasteiger partial charge in [-0.25, -0.2) is 0 Å². The van der Waals surface area contributed by atoms with Gasteiger partial charge >= 0.3 is 0 Å². The molecule has 0 bridgehead atoms.